The Bertz CT molecular complexity index is 567. The van der Waals surface area contributed by atoms with Crippen molar-refractivity contribution in [1.82, 2.24) is 5.32 Å². The first-order valence-electron chi connectivity index (χ1n) is 6.82. The molecule has 0 saturated heterocycles. The van der Waals surface area contributed by atoms with Crippen LogP contribution in [-0.4, -0.2) is 6.54 Å². The molecule has 0 aliphatic carbocycles. The summed E-state index contributed by atoms with van der Waals surface area (Å²) in [4.78, 5) is 1.26. The van der Waals surface area contributed by atoms with E-state index in [9.17, 15) is 4.39 Å². The van der Waals surface area contributed by atoms with Crippen LogP contribution in [0.2, 0.25) is 0 Å². The van der Waals surface area contributed by atoms with E-state index >= 15 is 0 Å². The van der Waals surface area contributed by atoms with Gasteiger partial charge in [-0.25, -0.2) is 4.39 Å². The summed E-state index contributed by atoms with van der Waals surface area (Å²) in [6, 6.07) is 7.47. The van der Waals surface area contributed by atoms with Crippen LogP contribution >= 0.6 is 27.3 Å². The molecule has 1 aromatic heterocycles. The Balaban J connectivity index is 2.24. The van der Waals surface area contributed by atoms with E-state index in [4.69, 9.17) is 0 Å². The van der Waals surface area contributed by atoms with Gasteiger partial charge in [0.1, 0.15) is 5.82 Å². The molecular formula is C16H19BrFNS. The van der Waals surface area contributed by atoms with Crippen LogP contribution in [0, 0.1) is 12.7 Å². The highest BCUT2D eigenvalue weighted by molar-refractivity contribution is 9.10. The maximum Gasteiger partial charge on any atom is 0.128 e. The Morgan fingerprint density at radius 3 is 2.80 bits per heavy atom. The third-order valence-corrected chi connectivity index (χ3v) is 4.91. The molecular weight excluding hydrogens is 337 g/mol. The molecule has 1 unspecified atom stereocenters. The van der Waals surface area contributed by atoms with Crippen molar-refractivity contribution in [3.8, 4) is 0 Å². The van der Waals surface area contributed by atoms with Gasteiger partial charge >= 0.3 is 0 Å². The van der Waals surface area contributed by atoms with Crippen LogP contribution < -0.4 is 5.32 Å². The second-order valence-corrected chi connectivity index (χ2v) is 6.88. The molecule has 4 heteroatoms. The molecule has 20 heavy (non-hydrogen) atoms. The summed E-state index contributed by atoms with van der Waals surface area (Å²) in [6.45, 7) is 5.02. The number of rotatable bonds is 6. The Morgan fingerprint density at radius 1 is 1.35 bits per heavy atom. The van der Waals surface area contributed by atoms with Crippen LogP contribution in [0.5, 0.6) is 0 Å². The first-order valence-corrected chi connectivity index (χ1v) is 8.49. The number of benzene rings is 1. The average molecular weight is 356 g/mol. The molecule has 1 atom stereocenters. The average Bonchev–Trinajstić information content (AvgIpc) is 2.83. The number of nitrogens with one attached hydrogen (secondary N) is 1. The van der Waals surface area contributed by atoms with Gasteiger partial charge in [0.15, 0.2) is 0 Å². The van der Waals surface area contributed by atoms with E-state index in [0.29, 0.717) is 0 Å². The third-order valence-electron chi connectivity index (χ3n) is 3.19. The maximum absolute atomic E-state index is 14.1. The van der Waals surface area contributed by atoms with E-state index in [1.807, 2.05) is 19.1 Å². The quantitative estimate of drug-likeness (QED) is 0.746. The number of thiophene rings is 1. The van der Waals surface area contributed by atoms with Crippen LogP contribution in [0.4, 0.5) is 4.39 Å². The SMILES string of the molecule is CCCNC(Cc1cc(Br)cs1)c1cc(C)ccc1F. The van der Waals surface area contributed by atoms with Gasteiger partial charge in [-0.2, -0.15) is 0 Å². The molecule has 0 bridgehead atoms. The molecule has 1 heterocycles. The smallest absolute Gasteiger partial charge is 0.128 e. The fourth-order valence-corrected chi connectivity index (χ4v) is 3.70. The Kier molecular flexibility index (Phi) is 5.75. The van der Waals surface area contributed by atoms with Gasteiger partial charge in [0, 0.05) is 32.8 Å². The predicted molar refractivity (Wildman–Crippen MR) is 87.9 cm³/mol. The fourth-order valence-electron chi connectivity index (χ4n) is 2.20. The number of hydrogen-bond donors (Lipinski definition) is 1. The summed E-state index contributed by atoms with van der Waals surface area (Å²) in [5, 5.41) is 5.53. The standard InChI is InChI=1S/C16H19BrFNS/c1-3-6-19-16(9-13-8-12(17)10-20-13)14-7-11(2)4-5-15(14)18/h4-5,7-8,10,16,19H,3,6,9H2,1-2H3. The van der Waals surface area contributed by atoms with E-state index in [2.05, 4.69) is 39.6 Å². The number of halogens is 2. The minimum atomic E-state index is -0.125. The minimum absolute atomic E-state index is 0.0281. The summed E-state index contributed by atoms with van der Waals surface area (Å²) in [7, 11) is 0. The molecule has 2 aromatic rings. The van der Waals surface area contributed by atoms with Crippen molar-refractivity contribution in [3.63, 3.8) is 0 Å². The zero-order valence-corrected chi connectivity index (χ0v) is 14.2. The molecule has 1 nitrogen and oxygen atoms in total. The van der Waals surface area contributed by atoms with Crippen LogP contribution in [-0.2, 0) is 6.42 Å². The Hall–Kier alpha value is -0.710. The van der Waals surface area contributed by atoms with Crippen LogP contribution in [0.3, 0.4) is 0 Å². The predicted octanol–water partition coefficient (Wildman–Crippen LogP) is 5.24. The summed E-state index contributed by atoms with van der Waals surface area (Å²) < 4.78 is 15.2. The van der Waals surface area contributed by atoms with Crippen LogP contribution in [0.1, 0.15) is 35.4 Å². The third kappa shape index (κ3) is 4.14. The largest absolute Gasteiger partial charge is 0.310 e. The molecule has 0 fully saturated rings. The molecule has 1 N–H and O–H groups in total. The van der Waals surface area contributed by atoms with E-state index in [0.717, 1.165) is 35.0 Å². The zero-order valence-electron chi connectivity index (χ0n) is 11.7. The van der Waals surface area contributed by atoms with Crippen molar-refractivity contribution in [3.05, 3.63) is 55.9 Å². The lowest BCUT2D eigenvalue weighted by Gasteiger charge is -2.19. The van der Waals surface area contributed by atoms with Crippen LogP contribution in [0.15, 0.2) is 34.1 Å². The van der Waals surface area contributed by atoms with Gasteiger partial charge in [-0.05, 0) is 48.0 Å². The summed E-state index contributed by atoms with van der Waals surface area (Å²) >= 11 is 5.18. The Morgan fingerprint density at radius 2 is 2.15 bits per heavy atom. The van der Waals surface area contributed by atoms with Crippen molar-refractivity contribution in [2.75, 3.05) is 6.54 Å². The van der Waals surface area contributed by atoms with Gasteiger partial charge in [0.2, 0.25) is 0 Å². The molecule has 0 spiro atoms. The molecule has 0 aliphatic rings. The molecule has 0 radical (unpaired) electrons. The van der Waals surface area contributed by atoms with Crippen molar-refractivity contribution >= 4 is 27.3 Å². The molecule has 108 valence electrons. The minimum Gasteiger partial charge on any atom is -0.310 e. The number of aryl methyl sites for hydroxylation is 1. The lowest BCUT2D eigenvalue weighted by atomic mass is 10.00. The van der Waals surface area contributed by atoms with Crippen molar-refractivity contribution in [2.24, 2.45) is 0 Å². The highest BCUT2D eigenvalue weighted by atomic mass is 79.9. The Labute approximate surface area is 132 Å². The second kappa shape index (κ2) is 7.34. The first kappa shape index (κ1) is 15.7. The summed E-state index contributed by atoms with van der Waals surface area (Å²) in [6.07, 6.45) is 1.86. The first-order chi connectivity index (χ1) is 9.60. The van der Waals surface area contributed by atoms with E-state index in [-0.39, 0.29) is 11.9 Å². The fraction of sp³-hybridized carbons (Fsp3) is 0.375. The number of hydrogen-bond acceptors (Lipinski definition) is 2. The molecule has 0 saturated carbocycles. The lowest BCUT2D eigenvalue weighted by molar-refractivity contribution is 0.499. The normalized spacial score (nSPS) is 12.6. The maximum atomic E-state index is 14.1. The van der Waals surface area contributed by atoms with Gasteiger partial charge in [-0.15, -0.1) is 11.3 Å². The summed E-state index contributed by atoms with van der Waals surface area (Å²) in [5.41, 5.74) is 1.86. The molecule has 0 aliphatic heterocycles. The van der Waals surface area contributed by atoms with Crippen molar-refractivity contribution < 1.29 is 4.39 Å². The second-order valence-electron chi connectivity index (χ2n) is 4.97. The van der Waals surface area contributed by atoms with Crippen LogP contribution in [0.25, 0.3) is 0 Å². The van der Waals surface area contributed by atoms with E-state index in [1.165, 1.54) is 4.88 Å². The van der Waals surface area contributed by atoms with Gasteiger partial charge < -0.3 is 5.32 Å². The highest BCUT2D eigenvalue weighted by Crippen LogP contribution is 2.27. The van der Waals surface area contributed by atoms with E-state index in [1.54, 1.807) is 17.4 Å². The topological polar surface area (TPSA) is 12.0 Å². The van der Waals surface area contributed by atoms with Gasteiger partial charge in [0.05, 0.1) is 0 Å². The monoisotopic (exact) mass is 355 g/mol. The molecule has 1 aromatic carbocycles. The van der Waals surface area contributed by atoms with Gasteiger partial charge in [-0.1, -0.05) is 24.6 Å². The summed E-state index contributed by atoms with van der Waals surface area (Å²) in [5.74, 6) is -0.125. The van der Waals surface area contributed by atoms with E-state index < -0.39 is 0 Å². The molecule has 2 rings (SSSR count). The lowest BCUT2D eigenvalue weighted by Crippen LogP contribution is -2.24. The highest BCUT2D eigenvalue weighted by Gasteiger charge is 2.16. The van der Waals surface area contributed by atoms with Gasteiger partial charge in [0.25, 0.3) is 0 Å². The van der Waals surface area contributed by atoms with Crippen molar-refractivity contribution in [1.29, 1.82) is 0 Å². The zero-order chi connectivity index (χ0) is 14.5. The van der Waals surface area contributed by atoms with Gasteiger partial charge in [-0.3, -0.25) is 0 Å². The molecule has 0 amide bonds. The van der Waals surface area contributed by atoms with Crippen molar-refractivity contribution in [2.45, 2.75) is 32.7 Å².